The summed E-state index contributed by atoms with van der Waals surface area (Å²) in [5.41, 5.74) is 1.00. The van der Waals surface area contributed by atoms with E-state index in [0.717, 1.165) is 36.6 Å². The number of para-hydroxylation sites is 1. The summed E-state index contributed by atoms with van der Waals surface area (Å²) in [4.78, 5) is 42.5. The summed E-state index contributed by atoms with van der Waals surface area (Å²) in [5.74, 6) is 1.01. The van der Waals surface area contributed by atoms with Crippen molar-refractivity contribution >= 4 is 58.4 Å². The van der Waals surface area contributed by atoms with Gasteiger partial charge < -0.3 is 24.9 Å². The Bertz CT molecular complexity index is 1120. The molecule has 1 unspecified atom stereocenters. The number of carbonyl (C=O) groups is 2. The third-order valence-corrected chi connectivity index (χ3v) is 8.18. The molecule has 38 heavy (non-hydrogen) atoms. The van der Waals surface area contributed by atoms with Gasteiger partial charge in [-0.25, -0.2) is 14.8 Å². The molecule has 1 aromatic carbocycles. The van der Waals surface area contributed by atoms with Gasteiger partial charge in [-0.2, -0.15) is 0 Å². The molecule has 2 fully saturated rings. The first-order valence-corrected chi connectivity index (χ1v) is 14.8. The van der Waals surface area contributed by atoms with E-state index in [4.69, 9.17) is 23.2 Å². The molecule has 2 aliphatic rings. The lowest BCUT2D eigenvalue weighted by Gasteiger charge is -2.40. The van der Waals surface area contributed by atoms with Crippen molar-refractivity contribution in [3.05, 3.63) is 40.5 Å². The summed E-state index contributed by atoms with van der Waals surface area (Å²) >= 11 is 14.0. The second-order valence-electron chi connectivity index (χ2n) is 9.51. The van der Waals surface area contributed by atoms with Crippen LogP contribution in [-0.4, -0.2) is 95.9 Å². The van der Waals surface area contributed by atoms with E-state index in [1.54, 1.807) is 6.07 Å². The Balaban J connectivity index is 1.28. The molecule has 0 saturated carbocycles. The fourth-order valence-corrected chi connectivity index (χ4v) is 5.91. The maximum absolute atomic E-state index is 12.9. The van der Waals surface area contributed by atoms with Crippen molar-refractivity contribution in [1.29, 1.82) is 0 Å². The van der Waals surface area contributed by atoms with Gasteiger partial charge in [0, 0.05) is 64.5 Å². The molecule has 12 heteroatoms. The highest BCUT2D eigenvalue weighted by Crippen LogP contribution is 2.27. The van der Waals surface area contributed by atoms with E-state index in [-0.39, 0.29) is 23.7 Å². The predicted molar refractivity (Wildman–Crippen MR) is 155 cm³/mol. The van der Waals surface area contributed by atoms with Gasteiger partial charge in [0.15, 0.2) is 5.16 Å². The van der Waals surface area contributed by atoms with Gasteiger partial charge in [0.2, 0.25) is 5.91 Å². The van der Waals surface area contributed by atoms with E-state index >= 15 is 0 Å². The van der Waals surface area contributed by atoms with Crippen molar-refractivity contribution < 1.29 is 9.59 Å². The molecular weight excluding hydrogens is 545 g/mol. The van der Waals surface area contributed by atoms with Gasteiger partial charge in [-0.3, -0.25) is 4.79 Å². The standard InChI is InChI=1S/C26H35Cl2N7O2S/c1-3-4-9-29-26(37)35-15-14-34(17-19(35)2)23-16-22(28)30-25(31-23)38-18-24(36)33-12-10-32(11-13-33)21-8-6-5-7-20(21)27/h5-8,16,19H,3-4,9-15,17-18H2,1-2H3,(H,29,37). The Morgan fingerprint density at radius 2 is 1.79 bits per heavy atom. The van der Waals surface area contributed by atoms with Crippen molar-refractivity contribution in [1.82, 2.24) is 25.1 Å². The minimum Gasteiger partial charge on any atom is -0.367 e. The van der Waals surface area contributed by atoms with Crippen LogP contribution in [-0.2, 0) is 4.79 Å². The van der Waals surface area contributed by atoms with E-state index < -0.39 is 0 Å². The topological polar surface area (TPSA) is 84.9 Å². The lowest BCUT2D eigenvalue weighted by atomic mass is 10.2. The van der Waals surface area contributed by atoms with E-state index in [0.29, 0.717) is 55.4 Å². The normalized spacial score (nSPS) is 18.1. The predicted octanol–water partition coefficient (Wildman–Crippen LogP) is 4.24. The van der Waals surface area contributed by atoms with Gasteiger partial charge in [0.1, 0.15) is 11.0 Å². The quantitative estimate of drug-likeness (QED) is 0.216. The molecule has 2 saturated heterocycles. The molecule has 2 aromatic rings. The number of thioether (sulfide) groups is 1. The number of aromatic nitrogens is 2. The summed E-state index contributed by atoms with van der Waals surface area (Å²) in [5, 5.41) is 4.54. The van der Waals surface area contributed by atoms with Crippen LogP contribution in [0, 0.1) is 0 Å². The SMILES string of the molecule is CCCCNC(=O)N1CCN(c2cc(Cl)nc(SCC(=O)N3CCN(c4ccccc4Cl)CC3)n2)CC1C. The molecule has 0 bridgehead atoms. The molecule has 3 heterocycles. The van der Waals surface area contributed by atoms with Gasteiger partial charge in [-0.1, -0.05) is 60.4 Å². The number of halogens is 2. The van der Waals surface area contributed by atoms with Crippen LogP contribution in [0.2, 0.25) is 10.2 Å². The van der Waals surface area contributed by atoms with Crippen LogP contribution in [0.4, 0.5) is 16.3 Å². The highest BCUT2D eigenvalue weighted by atomic mass is 35.5. The molecule has 206 valence electrons. The average molecular weight is 581 g/mol. The smallest absolute Gasteiger partial charge is 0.317 e. The van der Waals surface area contributed by atoms with Crippen LogP contribution >= 0.6 is 35.0 Å². The zero-order chi connectivity index (χ0) is 27.1. The lowest BCUT2D eigenvalue weighted by molar-refractivity contribution is -0.128. The third-order valence-electron chi connectivity index (χ3n) is 6.83. The number of benzene rings is 1. The summed E-state index contributed by atoms with van der Waals surface area (Å²) in [6.07, 6.45) is 2.02. The molecule has 1 atom stereocenters. The maximum Gasteiger partial charge on any atom is 0.317 e. The van der Waals surface area contributed by atoms with Crippen LogP contribution in [0.25, 0.3) is 0 Å². The third kappa shape index (κ3) is 7.36. The molecule has 2 aliphatic heterocycles. The summed E-state index contributed by atoms with van der Waals surface area (Å²) in [6, 6.07) is 9.53. The molecule has 0 spiro atoms. The molecule has 3 amide bonds. The van der Waals surface area contributed by atoms with E-state index in [2.05, 4.69) is 32.0 Å². The molecule has 0 radical (unpaired) electrons. The van der Waals surface area contributed by atoms with Gasteiger partial charge in [0.05, 0.1) is 16.5 Å². The average Bonchev–Trinajstić information content (AvgIpc) is 2.92. The molecule has 9 nitrogen and oxygen atoms in total. The second-order valence-corrected chi connectivity index (χ2v) is 11.3. The molecule has 0 aliphatic carbocycles. The summed E-state index contributed by atoms with van der Waals surface area (Å²) in [6.45, 7) is 9.48. The van der Waals surface area contributed by atoms with Crippen molar-refractivity contribution in [3.8, 4) is 0 Å². The van der Waals surface area contributed by atoms with Gasteiger partial charge in [-0.15, -0.1) is 0 Å². The zero-order valence-corrected chi connectivity index (χ0v) is 24.2. The first-order valence-electron chi connectivity index (χ1n) is 13.1. The number of rotatable bonds is 8. The number of hydrogen-bond donors (Lipinski definition) is 1. The number of urea groups is 1. The van der Waals surface area contributed by atoms with Crippen LogP contribution in [0.15, 0.2) is 35.5 Å². The molecule has 1 aromatic heterocycles. The Kier molecular flexibility index (Phi) is 10.2. The number of carbonyl (C=O) groups excluding carboxylic acids is 2. The first kappa shape index (κ1) is 28.6. The Labute approximate surface area is 238 Å². The van der Waals surface area contributed by atoms with Crippen molar-refractivity contribution in [2.45, 2.75) is 37.9 Å². The maximum atomic E-state index is 12.9. The van der Waals surface area contributed by atoms with Crippen molar-refractivity contribution in [3.63, 3.8) is 0 Å². The minimum atomic E-state index is -0.0197. The van der Waals surface area contributed by atoms with Crippen molar-refractivity contribution in [2.24, 2.45) is 0 Å². The summed E-state index contributed by atoms with van der Waals surface area (Å²) in [7, 11) is 0. The van der Waals surface area contributed by atoms with Gasteiger partial charge in [0.25, 0.3) is 0 Å². The highest BCUT2D eigenvalue weighted by Gasteiger charge is 2.29. The van der Waals surface area contributed by atoms with E-state index in [1.165, 1.54) is 11.8 Å². The van der Waals surface area contributed by atoms with Crippen LogP contribution in [0.3, 0.4) is 0 Å². The molecule has 1 N–H and O–H groups in total. The number of amides is 3. The van der Waals surface area contributed by atoms with E-state index in [9.17, 15) is 9.59 Å². The second kappa shape index (κ2) is 13.6. The van der Waals surface area contributed by atoms with Crippen LogP contribution in [0.5, 0.6) is 0 Å². The number of nitrogens with zero attached hydrogens (tertiary/aromatic N) is 6. The number of piperazine rings is 2. The molecule has 4 rings (SSSR count). The fraction of sp³-hybridized carbons (Fsp3) is 0.538. The number of anilines is 2. The van der Waals surface area contributed by atoms with Gasteiger partial charge >= 0.3 is 6.03 Å². The van der Waals surface area contributed by atoms with Crippen LogP contribution < -0.4 is 15.1 Å². The number of nitrogens with one attached hydrogen (secondary N) is 1. The fourth-order valence-electron chi connectivity index (χ4n) is 4.68. The largest absolute Gasteiger partial charge is 0.367 e. The van der Waals surface area contributed by atoms with Crippen LogP contribution in [0.1, 0.15) is 26.7 Å². The number of hydrogen-bond acceptors (Lipinski definition) is 7. The zero-order valence-electron chi connectivity index (χ0n) is 21.9. The van der Waals surface area contributed by atoms with Crippen molar-refractivity contribution in [2.75, 3.05) is 67.9 Å². The lowest BCUT2D eigenvalue weighted by Crippen LogP contribution is -2.56. The Hall–Kier alpha value is -2.43. The summed E-state index contributed by atoms with van der Waals surface area (Å²) < 4.78 is 0. The monoisotopic (exact) mass is 579 g/mol. The highest BCUT2D eigenvalue weighted by molar-refractivity contribution is 7.99. The first-order chi connectivity index (χ1) is 18.4. The van der Waals surface area contributed by atoms with E-state index in [1.807, 2.05) is 41.0 Å². The number of unbranched alkanes of at least 4 members (excludes halogenated alkanes) is 1. The minimum absolute atomic E-state index is 0.0197. The van der Waals surface area contributed by atoms with Gasteiger partial charge in [-0.05, 0) is 25.5 Å². The Morgan fingerprint density at radius 3 is 2.50 bits per heavy atom. The Morgan fingerprint density at radius 1 is 1.05 bits per heavy atom. The molecular formula is C26H35Cl2N7O2S.